The zero-order valence-corrected chi connectivity index (χ0v) is 12.5. The number of benzene rings is 1. The van der Waals surface area contributed by atoms with Crippen molar-refractivity contribution in [2.24, 2.45) is 5.14 Å². The number of ether oxygens (including phenoxy) is 2. The molecule has 1 unspecified atom stereocenters. The summed E-state index contributed by atoms with van der Waals surface area (Å²) in [6.07, 6.45) is 0.314. The van der Waals surface area contributed by atoms with Crippen molar-refractivity contribution in [3.63, 3.8) is 0 Å². The number of primary sulfonamides is 1. The molecule has 1 aliphatic heterocycles. The molecule has 8 heteroatoms. The number of nitrogens with two attached hydrogens (primary N) is 1. The third-order valence-corrected chi connectivity index (χ3v) is 4.65. The molecule has 0 aromatic heterocycles. The number of sulfonamides is 1. The molecule has 1 aromatic carbocycles. The largest absolute Gasteiger partial charge is 0.486 e. The summed E-state index contributed by atoms with van der Waals surface area (Å²) in [4.78, 5) is -0.182. The fourth-order valence-electron chi connectivity index (χ4n) is 1.92. The monoisotopic (exact) mass is 325 g/mol. The molecule has 0 bridgehead atoms. The number of rotatable bonds is 4. The van der Waals surface area contributed by atoms with Crippen molar-refractivity contribution in [1.29, 1.82) is 0 Å². The van der Waals surface area contributed by atoms with E-state index in [9.17, 15) is 8.42 Å². The van der Waals surface area contributed by atoms with Crippen LogP contribution in [0.1, 0.15) is 12.5 Å². The van der Waals surface area contributed by atoms with E-state index in [1.807, 2.05) is 6.92 Å². The second kappa shape index (κ2) is 5.46. The van der Waals surface area contributed by atoms with Gasteiger partial charge in [-0.3, -0.25) is 0 Å². The van der Waals surface area contributed by atoms with Crippen LogP contribution < -0.4 is 9.88 Å². The highest BCUT2D eigenvalue weighted by molar-refractivity contribution is 7.89. The predicted octanol–water partition coefficient (Wildman–Crippen LogP) is 1.98. The molecule has 0 saturated heterocycles. The molecule has 2 rings (SSSR count). The summed E-state index contributed by atoms with van der Waals surface area (Å²) in [5.41, 5.74) is 0.670. The highest BCUT2D eigenvalue weighted by Crippen LogP contribution is 2.43. The molecule has 0 radical (unpaired) electrons. The van der Waals surface area contributed by atoms with E-state index < -0.39 is 10.0 Å². The number of hydrogen-bond donors (Lipinski definition) is 1. The Kier molecular flexibility index (Phi) is 4.27. The summed E-state index contributed by atoms with van der Waals surface area (Å²) in [7, 11) is -3.92. The predicted molar refractivity (Wildman–Crippen MR) is 72.4 cm³/mol. The van der Waals surface area contributed by atoms with E-state index in [0.717, 1.165) is 0 Å². The van der Waals surface area contributed by atoms with Crippen molar-refractivity contribution in [1.82, 2.24) is 0 Å². The van der Waals surface area contributed by atoms with Crippen LogP contribution in [0, 0.1) is 0 Å². The van der Waals surface area contributed by atoms with Crippen LogP contribution in [0.5, 0.6) is 5.75 Å². The van der Waals surface area contributed by atoms with Gasteiger partial charge in [0.1, 0.15) is 21.8 Å². The Morgan fingerprint density at radius 1 is 1.47 bits per heavy atom. The molecular weight excluding hydrogens is 313 g/mol. The van der Waals surface area contributed by atoms with E-state index in [2.05, 4.69) is 0 Å². The molecule has 1 aromatic rings. The zero-order valence-electron chi connectivity index (χ0n) is 10.2. The molecule has 106 valence electrons. The van der Waals surface area contributed by atoms with Gasteiger partial charge in [-0.15, -0.1) is 0 Å². The molecule has 0 aliphatic carbocycles. The third-order valence-electron chi connectivity index (χ3n) is 2.75. The minimum atomic E-state index is -3.92. The Balaban J connectivity index is 2.38. The van der Waals surface area contributed by atoms with Crippen molar-refractivity contribution >= 4 is 33.2 Å². The highest BCUT2D eigenvalue weighted by atomic mass is 35.5. The Hall–Kier alpha value is -0.530. The Labute approximate surface area is 121 Å². The third kappa shape index (κ3) is 2.98. The van der Waals surface area contributed by atoms with E-state index in [1.54, 1.807) is 0 Å². The first-order chi connectivity index (χ1) is 8.84. The van der Waals surface area contributed by atoms with Gasteiger partial charge in [0.2, 0.25) is 10.0 Å². The molecular formula is C11H13Cl2NO4S. The van der Waals surface area contributed by atoms with Gasteiger partial charge in [0.05, 0.1) is 11.6 Å². The lowest BCUT2D eigenvalue weighted by Gasteiger charge is -2.11. The van der Waals surface area contributed by atoms with Crippen LogP contribution in [0.15, 0.2) is 11.0 Å². The summed E-state index contributed by atoms with van der Waals surface area (Å²) in [5, 5.41) is 5.06. The molecule has 0 fully saturated rings. The maximum absolute atomic E-state index is 11.4. The van der Waals surface area contributed by atoms with Crippen LogP contribution >= 0.6 is 23.2 Å². The average molecular weight is 326 g/mol. The highest BCUT2D eigenvalue weighted by Gasteiger charge is 2.30. The molecule has 5 nitrogen and oxygen atoms in total. The van der Waals surface area contributed by atoms with E-state index in [0.29, 0.717) is 30.9 Å². The van der Waals surface area contributed by atoms with Crippen molar-refractivity contribution in [3.8, 4) is 5.75 Å². The number of halogens is 2. The van der Waals surface area contributed by atoms with Crippen LogP contribution in [0.4, 0.5) is 0 Å². The molecule has 0 saturated carbocycles. The lowest BCUT2D eigenvalue weighted by Crippen LogP contribution is -2.20. The van der Waals surface area contributed by atoms with E-state index in [-0.39, 0.29) is 21.0 Å². The molecule has 1 aliphatic rings. The van der Waals surface area contributed by atoms with Gasteiger partial charge in [-0.25, -0.2) is 13.6 Å². The van der Waals surface area contributed by atoms with E-state index >= 15 is 0 Å². The Bertz CT molecular complexity index is 603. The van der Waals surface area contributed by atoms with Gasteiger partial charge in [-0.2, -0.15) is 0 Å². The normalized spacial score (nSPS) is 18.2. The topological polar surface area (TPSA) is 78.6 Å². The van der Waals surface area contributed by atoms with Crippen LogP contribution in [-0.2, 0) is 21.2 Å². The molecule has 1 heterocycles. The lowest BCUT2D eigenvalue weighted by molar-refractivity contribution is 0.0679. The van der Waals surface area contributed by atoms with Crippen molar-refractivity contribution in [2.45, 2.75) is 24.3 Å². The summed E-state index contributed by atoms with van der Waals surface area (Å²) in [6.45, 7) is 2.86. The summed E-state index contributed by atoms with van der Waals surface area (Å²) < 4.78 is 33.7. The van der Waals surface area contributed by atoms with Gasteiger partial charge < -0.3 is 9.47 Å². The minimum absolute atomic E-state index is 0.0715. The first-order valence-corrected chi connectivity index (χ1v) is 7.93. The van der Waals surface area contributed by atoms with Gasteiger partial charge in [0, 0.05) is 18.6 Å². The standard InChI is InChI=1S/C11H13Cl2NO4S/c1-2-17-5-7-3-6-4-8(19(14,15)16)9(12)10(13)11(6)18-7/h4,7H,2-3,5H2,1H3,(H2,14,15,16). The first kappa shape index (κ1) is 14.9. The van der Waals surface area contributed by atoms with Gasteiger partial charge in [-0.05, 0) is 13.0 Å². The molecule has 19 heavy (non-hydrogen) atoms. The number of hydrogen-bond acceptors (Lipinski definition) is 4. The second-order valence-corrected chi connectivity index (χ2v) is 6.43. The van der Waals surface area contributed by atoms with Crippen LogP contribution in [0.2, 0.25) is 10.0 Å². The molecule has 0 amide bonds. The first-order valence-electron chi connectivity index (χ1n) is 5.62. The van der Waals surface area contributed by atoms with Crippen LogP contribution in [0.3, 0.4) is 0 Å². The minimum Gasteiger partial charge on any atom is -0.486 e. The second-order valence-electron chi connectivity index (χ2n) is 4.14. The van der Waals surface area contributed by atoms with Crippen LogP contribution in [-0.4, -0.2) is 27.7 Å². The average Bonchev–Trinajstić information content (AvgIpc) is 2.73. The number of fused-ring (bicyclic) bond motifs is 1. The van der Waals surface area contributed by atoms with Crippen molar-refractivity contribution in [2.75, 3.05) is 13.2 Å². The zero-order chi connectivity index (χ0) is 14.2. The quantitative estimate of drug-likeness (QED) is 0.918. The van der Waals surface area contributed by atoms with E-state index in [4.69, 9.17) is 37.8 Å². The van der Waals surface area contributed by atoms with Gasteiger partial charge in [0.15, 0.2) is 0 Å². The molecule has 0 spiro atoms. The Morgan fingerprint density at radius 3 is 2.74 bits per heavy atom. The summed E-state index contributed by atoms with van der Waals surface area (Å²) in [5.74, 6) is 0.406. The van der Waals surface area contributed by atoms with Crippen molar-refractivity contribution < 1.29 is 17.9 Å². The maximum Gasteiger partial charge on any atom is 0.239 e. The molecule has 2 N–H and O–H groups in total. The fourth-order valence-corrected chi connectivity index (χ4v) is 3.36. The lowest BCUT2D eigenvalue weighted by atomic mass is 10.1. The summed E-state index contributed by atoms with van der Waals surface area (Å²) in [6, 6.07) is 1.41. The van der Waals surface area contributed by atoms with Gasteiger partial charge in [-0.1, -0.05) is 23.2 Å². The maximum atomic E-state index is 11.4. The van der Waals surface area contributed by atoms with E-state index in [1.165, 1.54) is 6.07 Å². The summed E-state index contributed by atoms with van der Waals surface area (Å²) >= 11 is 11.9. The Morgan fingerprint density at radius 2 is 2.16 bits per heavy atom. The molecule has 1 atom stereocenters. The smallest absolute Gasteiger partial charge is 0.239 e. The SMILES string of the molecule is CCOCC1Cc2cc(S(N)(=O)=O)c(Cl)c(Cl)c2O1. The van der Waals surface area contributed by atoms with Gasteiger partial charge in [0.25, 0.3) is 0 Å². The van der Waals surface area contributed by atoms with Crippen molar-refractivity contribution in [3.05, 3.63) is 21.7 Å². The fraction of sp³-hybridized carbons (Fsp3) is 0.455. The van der Waals surface area contributed by atoms with Crippen LogP contribution in [0.25, 0.3) is 0 Å². The van der Waals surface area contributed by atoms with Gasteiger partial charge >= 0.3 is 0 Å².